The lowest BCUT2D eigenvalue weighted by atomic mass is 9.72. The molecule has 2 atom stereocenters. The Hall–Kier alpha value is -0.0800. The summed E-state index contributed by atoms with van der Waals surface area (Å²) in [5, 5.41) is 17.2. The summed E-state index contributed by atoms with van der Waals surface area (Å²) in [6, 6.07) is 0. The molecule has 0 spiro atoms. The van der Waals surface area contributed by atoms with Crippen molar-refractivity contribution in [3.8, 4) is 0 Å². The second kappa shape index (κ2) is 3.18. The van der Waals surface area contributed by atoms with Crippen LogP contribution in [0.5, 0.6) is 0 Å². The summed E-state index contributed by atoms with van der Waals surface area (Å²) in [7, 11) is 0. The Bertz CT molecular complexity index is 81.0. The van der Waals surface area contributed by atoms with E-state index < -0.39 is 0 Å². The van der Waals surface area contributed by atoms with Crippen molar-refractivity contribution in [3.63, 3.8) is 0 Å². The monoisotopic (exact) mass is 130 g/mol. The molecule has 2 heteroatoms. The van der Waals surface area contributed by atoms with E-state index in [2.05, 4.69) is 0 Å². The van der Waals surface area contributed by atoms with Gasteiger partial charge in [-0.3, -0.25) is 0 Å². The fourth-order valence-corrected chi connectivity index (χ4v) is 1.42. The molecule has 54 valence electrons. The smallest absolute Gasteiger partial charge is 0.0461 e. The number of aliphatic hydroxyl groups is 2. The van der Waals surface area contributed by atoms with Gasteiger partial charge in [0, 0.05) is 13.2 Å². The topological polar surface area (TPSA) is 40.5 Å². The highest BCUT2D eigenvalue weighted by atomic mass is 16.3. The fraction of sp³-hybridized carbons (Fsp3) is 1.00. The molecule has 1 aliphatic rings. The molecule has 0 aromatic carbocycles. The van der Waals surface area contributed by atoms with Gasteiger partial charge in [-0.2, -0.15) is 0 Å². The Kier molecular flexibility index (Phi) is 2.49. The Balaban J connectivity index is 2.11. The van der Waals surface area contributed by atoms with Crippen molar-refractivity contribution in [1.82, 2.24) is 0 Å². The molecular weight excluding hydrogens is 116 g/mol. The van der Waals surface area contributed by atoms with Crippen molar-refractivity contribution in [3.05, 3.63) is 0 Å². The molecule has 0 aromatic heterocycles. The lowest BCUT2D eigenvalue weighted by Crippen LogP contribution is -2.29. The second-order valence-electron chi connectivity index (χ2n) is 2.79. The largest absolute Gasteiger partial charge is 0.396 e. The van der Waals surface area contributed by atoms with E-state index in [0.717, 1.165) is 12.8 Å². The number of aliphatic hydroxyl groups excluding tert-OH is 2. The average Bonchev–Trinajstić information content (AvgIpc) is 1.82. The Morgan fingerprint density at radius 3 is 2.11 bits per heavy atom. The molecule has 9 heavy (non-hydrogen) atoms. The summed E-state index contributed by atoms with van der Waals surface area (Å²) < 4.78 is 0. The van der Waals surface area contributed by atoms with Crippen LogP contribution in [0.25, 0.3) is 0 Å². The average molecular weight is 130 g/mol. The number of hydrogen-bond acceptors (Lipinski definition) is 2. The Morgan fingerprint density at radius 2 is 1.78 bits per heavy atom. The minimum atomic E-state index is 0.279. The molecule has 0 saturated heterocycles. The zero-order chi connectivity index (χ0) is 6.69. The van der Waals surface area contributed by atoms with Crippen LogP contribution < -0.4 is 0 Å². The van der Waals surface area contributed by atoms with Gasteiger partial charge in [0.25, 0.3) is 0 Å². The summed E-state index contributed by atoms with van der Waals surface area (Å²) in [6.45, 7) is 0.589. The van der Waals surface area contributed by atoms with Crippen LogP contribution in [0.15, 0.2) is 0 Å². The summed E-state index contributed by atoms with van der Waals surface area (Å²) in [5.74, 6) is 1.11. The third-order valence-electron chi connectivity index (χ3n) is 2.31. The van der Waals surface area contributed by atoms with Crippen molar-refractivity contribution in [2.24, 2.45) is 11.8 Å². The van der Waals surface area contributed by atoms with Crippen LogP contribution in [0.1, 0.15) is 19.3 Å². The zero-order valence-electron chi connectivity index (χ0n) is 5.58. The Morgan fingerprint density at radius 1 is 1.11 bits per heavy atom. The SMILES string of the molecule is OCCC1CCC1CO. The minimum absolute atomic E-state index is 0.279. The van der Waals surface area contributed by atoms with Crippen LogP contribution in [-0.2, 0) is 0 Å². The molecule has 0 aromatic rings. The van der Waals surface area contributed by atoms with E-state index in [-0.39, 0.29) is 6.61 Å². The molecule has 1 aliphatic carbocycles. The quantitative estimate of drug-likeness (QED) is 0.580. The molecule has 0 aliphatic heterocycles. The first-order chi connectivity index (χ1) is 4.38. The van der Waals surface area contributed by atoms with Crippen LogP contribution in [0.3, 0.4) is 0 Å². The van der Waals surface area contributed by atoms with Gasteiger partial charge in [-0.25, -0.2) is 0 Å². The molecule has 1 saturated carbocycles. The predicted molar refractivity (Wildman–Crippen MR) is 35.0 cm³/mol. The summed E-state index contributed by atoms with van der Waals surface area (Å²) in [6.07, 6.45) is 3.23. The van der Waals surface area contributed by atoms with Crippen LogP contribution in [-0.4, -0.2) is 23.4 Å². The van der Waals surface area contributed by atoms with E-state index in [9.17, 15) is 0 Å². The third kappa shape index (κ3) is 1.43. The van der Waals surface area contributed by atoms with Gasteiger partial charge in [0.15, 0.2) is 0 Å². The lowest BCUT2D eigenvalue weighted by molar-refractivity contribution is 0.0710. The van der Waals surface area contributed by atoms with Crippen LogP contribution in [0.4, 0.5) is 0 Å². The van der Waals surface area contributed by atoms with Gasteiger partial charge in [-0.05, 0) is 31.1 Å². The minimum Gasteiger partial charge on any atom is -0.396 e. The number of hydrogen-bond donors (Lipinski definition) is 2. The first-order valence-corrected chi connectivity index (χ1v) is 3.60. The van der Waals surface area contributed by atoms with Gasteiger partial charge in [0.2, 0.25) is 0 Å². The van der Waals surface area contributed by atoms with E-state index in [1.165, 1.54) is 6.42 Å². The zero-order valence-corrected chi connectivity index (χ0v) is 5.58. The van der Waals surface area contributed by atoms with Gasteiger partial charge in [-0.15, -0.1) is 0 Å². The molecule has 0 heterocycles. The van der Waals surface area contributed by atoms with Crippen LogP contribution in [0.2, 0.25) is 0 Å². The first kappa shape index (κ1) is 7.03. The summed E-state index contributed by atoms with van der Waals surface area (Å²) in [5.41, 5.74) is 0. The molecule has 2 unspecified atom stereocenters. The predicted octanol–water partition coefficient (Wildman–Crippen LogP) is 0.387. The highest BCUT2D eigenvalue weighted by Gasteiger charge is 2.28. The van der Waals surface area contributed by atoms with Crippen LogP contribution >= 0.6 is 0 Å². The summed E-state index contributed by atoms with van der Waals surface area (Å²) >= 11 is 0. The van der Waals surface area contributed by atoms with Crippen molar-refractivity contribution < 1.29 is 10.2 Å². The molecule has 1 rings (SSSR count). The molecule has 0 radical (unpaired) electrons. The van der Waals surface area contributed by atoms with Gasteiger partial charge >= 0.3 is 0 Å². The lowest BCUT2D eigenvalue weighted by Gasteiger charge is -2.34. The number of rotatable bonds is 3. The van der Waals surface area contributed by atoms with Gasteiger partial charge in [0.1, 0.15) is 0 Å². The highest BCUT2D eigenvalue weighted by Crippen LogP contribution is 2.35. The van der Waals surface area contributed by atoms with Crippen molar-refractivity contribution >= 4 is 0 Å². The molecular formula is C7H14O2. The van der Waals surface area contributed by atoms with Crippen molar-refractivity contribution in [2.75, 3.05) is 13.2 Å². The molecule has 0 bridgehead atoms. The van der Waals surface area contributed by atoms with E-state index in [1.807, 2.05) is 0 Å². The maximum Gasteiger partial charge on any atom is 0.0461 e. The van der Waals surface area contributed by atoms with Gasteiger partial charge in [-0.1, -0.05) is 0 Å². The third-order valence-corrected chi connectivity index (χ3v) is 2.31. The molecule has 0 amide bonds. The van der Waals surface area contributed by atoms with E-state index in [4.69, 9.17) is 10.2 Å². The first-order valence-electron chi connectivity index (χ1n) is 3.60. The molecule has 2 nitrogen and oxygen atoms in total. The maximum atomic E-state index is 8.70. The normalized spacial score (nSPS) is 34.0. The van der Waals surface area contributed by atoms with Gasteiger partial charge < -0.3 is 10.2 Å². The molecule has 2 N–H and O–H groups in total. The maximum absolute atomic E-state index is 8.70. The highest BCUT2D eigenvalue weighted by molar-refractivity contribution is 4.79. The van der Waals surface area contributed by atoms with Crippen molar-refractivity contribution in [2.45, 2.75) is 19.3 Å². The van der Waals surface area contributed by atoms with E-state index >= 15 is 0 Å². The van der Waals surface area contributed by atoms with E-state index in [0.29, 0.717) is 18.4 Å². The van der Waals surface area contributed by atoms with Crippen molar-refractivity contribution in [1.29, 1.82) is 0 Å². The van der Waals surface area contributed by atoms with Crippen LogP contribution in [0, 0.1) is 11.8 Å². The van der Waals surface area contributed by atoms with Gasteiger partial charge in [0.05, 0.1) is 0 Å². The fourth-order valence-electron chi connectivity index (χ4n) is 1.42. The molecule has 1 fully saturated rings. The standard InChI is InChI=1S/C7H14O2/c8-4-3-6-1-2-7(6)5-9/h6-9H,1-5H2. The summed E-state index contributed by atoms with van der Waals surface area (Å²) in [4.78, 5) is 0. The van der Waals surface area contributed by atoms with E-state index in [1.54, 1.807) is 0 Å². The second-order valence-corrected chi connectivity index (χ2v) is 2.79. The Labute approximate surface area is 55.5 Å².